The third-order valence-electron chi connectivity index (χ3n) is 3.50. The molecule has 0 bridgehead atoms. The molecule has 0 saturated heterocycles. The SMILES string of the molecule is CC(N)C1(c2cccc(C(F)(F)F)c2F)CC1. The van der Waals surface area contributed by atoms with Gasteiger partial charge in [0.25, 0.3) is 0 Å². The summed E-state index contributed by atoms with van der Waals surface area (Å²) in [5, 5.41) is 0. The molecule has 1 atom stereocenters. The van der Waals surface area contributed by atoms with E-state index in [4.69, 9.17) is 5.73 Å². The van der Waals surface area contributed by atoms with Gasteiger partial charge in [0.15, 0.2) is 0 Å². The quantitative estimate of drug-likeness (QED) is 0.798. The third-order valence-corrected chi connectivity index (χ3v) is 3.50. The summed E-state index contributed by atoms with van der Waals surface area (Å²) in [5.74, 6) is -1.17. The van der Waals surface area contributed by atoms with Gasteiger partial charge in [-0.2, -0.15) is 13.2 Å². The summed E-state index contributed by atoms with van der Waals surface area (Å²) in [6, 6.07) is 3.06. The number of benzene rings is 1. The lowest BCUT2D eigenvalue weighted by Crippen LogP contribution is -2.32. The van der Waals surface area contributed by atoms with Crippen LogP contribution in [-0.2, 0) is 11.6 Å². The molecule has 1 nitrogen and oxygen atoms in total. The molecule has 0 radical (unpaired) electrons. The molecular weight excluding hydrogens is 234 g/mol. The normalized spacial score (nSPS) is 20.1. The maximum Gasteiger partial charge on any atom is 0.419 e. The minimum atomic E-state index is -4.66. The van der Waals surface area contributed by atoms with Crippen molar-refractivity contribution in [2.24, 2.45) is 5.73 Å². The van der Waals surface area contributed by atoms with E-state index in [2.05, 4.69) is 0 Å². The molecule has 1 aliphatic rings. The Morgan fingerprint density at radius 2 is 1.88 bits per heavy atom. The zero-order valence-electron chi connectivity index (χ0n) is 9.31. The fourth-order valence-corrected chi connectivity index (χ4v) is 2.24. The van der Waals surface area contributed by atoms with E-state index < -0.39 is 23.0 Å². The highest BCUT2D eigenvalue weighted by Gasteiger charge is 2.50. The Balaban J connectivity index is 2.51. The van der Waals surface area contributed by atoms with Crippen molar-refractivity contribution in [1.29, 1.82) is 0 Å². The van der Waals surface area contributed by atoms with Crippen LogP contribution in [-0.4, -0.2) is 6.04 Å². The largest absolute Gasteiger partial charge is 0.419 e. The van der Waals surface area contributed by atoms with Gasteiger partial charge in [0.1, 0.15) is 5.82 Å². The van der Waals surface area contributed by atoms with Gasteiger partial charge in [0, 0.05) is 11.5 Å². The van der Waals surface area contributed by atoms with Crippen LogP contribution in [0.25, 0.3) is 0 Å². The summed E-state index contributed by atoms with van der Waals surface area (Å²) in [4.78, 5) is 0. The predicted octanol–water partition coefficient (Wildman–Crippen LogP) is 3.22. The van der Waals surface area contributed by atoms with Gasteiger partial charge < -0.3 is 5.73 Å². The summed E-state index contributed by atoms with van der Waals surface area (Å²) >= 11 is 0. The average molecular weight is 247 g/mol. The second-order valence-corrected chi connectivity index (χ2v) is 4.61. The molecule has 1 unspecified atom stereocenters. The van der Waals surface area contributed by atoms with E-state index in [1.54, 1.807) is 6.92 Å². The Bertz CT molecular complexity index is 433. The van der Waals surface area contributed by atoms with Crippen molar-refractivity contribution in [3.05, 3.63) is 35.1 Å². The molecule has 0 aliphatic heterocycles. The van der Waals surface area contributed by atoms with Crippen molar-refractivity contribution in [3.8, 4) is 0 Å². The molecule has 17 heavy (non-hydrogen) atoms. The topological polar surface area (TPSA) is 26.0 Å². The first-order valence-corrected chi connectivity index (χ1v) is 5.41. The summed E-state index contributed by atoms with van der Waals surface area (Å²) in [6.07, 6.45) is -3.38. The fourth-order valence-electron chi connectivity index (χ4n) is 2.24. The van der Waals surface area contributed by atoms with Crippen molar-refractivity contribution in [3.63, 3.8) is 0 Å². The second kappa shape index (κ2) is 3.70. The van der Waals surface area contributed by atoms with Crippen LogP contribution in [0.2, 0.25) is 0 Å². The van der Waals surface area contributed by atoms with Crippen molar-refractivity contribution < 1.29 is 17.6 Å². The first kappa shape index (κ1) is 12.4. The molecule has 1 saturated carbocycles. The second-order valence-electron chi connectivity index (χ2n) is 4.61. The molecule has 94 valence electrons. The number of alkyl halides is 3. The van der Waals surface area contributed by atoms with Crippen LogP contribution < -0.4 is 5.73 Å². The van der Waals surface area contributed by atoms with Crippen LogP contribution >= 0.6 is 0 Å². The van der Waals surface area contributed by atoms with Crippen molar-refractivity contribution in [2.75, 3.05) is 0 Å². The minimum absolute atomic E-state index is 0.0994. The van der Waals surface area contributed by atoms with E-state index >= 15 is 0 Å². The van der Waals surface area contributed by atoms with Crippen LogP contribution in [0.5, 0.6) is 0 Å². The average Bonchev–Trinajstić information content (AvgIpc) is 2.97. The molecule has 1 aromatic carbocycles. The highest BCUT2D eigenvalue weighted by molar-refractivity contribution is 5.39. The Morgan fingerprint density at radius 1 is 1.29 bits per heavy atom. The first-order chi connectivity index (χ1) is 7.79. The lowest BCUT2D eigenvalue weighted by atomic mass is 9.88. The molecule has 1 aromatic rings. The molecule has 0 spiro atoms. The summed E-state index contributed by atoms with van der Waals surface area (Å²) in [6.45, 7) is 1.70. The van der Waals surface area contributed by atoms with Gasteiger partial charge >= 0.3 is 6.18 Å². The molecule has 0 aromatic heterocycles. The van der Waals surface area contributed by atoms with E-state index in [-0.39, 0.29) is 11.6 Å². The van der Waals surface area contributed by atoms with Crippen LogP contribution in [0.3, 0.4) is 0 Å². The highest BCUT2D eigenvalue weighted by atomic mass is 19.4. The van der Waals surface area contributed by atoms with E-state index in [1.165, 1.54) is 12.1 Å². The Labute approximate surface area is 96.6 Å². The Hall–Kier alpha value is -1.10. The smallest absolute Gasteiger partial charge is 0.327 e. The summed E-state index contributed by atoms with van der Waals surface area (Å²) in [5.41, 5.74) is 4.03. The number of nitrogens with two attached hydrogens (primary N) is 1. The number of hydrogen-bond donors (Lipinski definition) is 1. The van der Waals surface area contributed by atoms with Gasteiger partial charge in [0.05, 0.1) is 5.56 Å². The maximum absolute atomic E-state index is 13.9. The first-order valence-electron chi connectivity index (χ1n) is 5.41. The van der Waals surface area contributed by atoms with Crippen molar-refractivity contribution in [1.82, 2.24) is 0 Å². The van der Waals surface area contributed by atoms with Crippen molar-refractivity contribution in [2.45, 2.75) is 37.4 Å². The third kappa shape index (κ3) is 1.92. The van der Waals surface area contributed by atoms with Crippen LogP contribution in [0, 0.1) is 5.82 Å². The summed E-state index contributed by atoms with van der Waals surface area (Å²) in [7, 11) is 0. The number of hydrogen-bond acceptors (Lipinski definition) is 1. The fraction of sp³-hybridized carbons (Fsp3) is 0.500. The summed E-state index contributed by atoms with van der Waals surface area (Å²) < 4.78 is 51.6. The van der Waals surface area contributed by atoms with Crippen LogP contribution in [0.15, 0.2) is 18.2 Å². The van der Waals surface area contributed by atoms with E-state index in [9.17, 15) is 17.6 Å². The minimum Gasteiger partial charge on any atom is -0.327 e. The molecular formula is C12H13F4N. The maximum atomic E-state index is 13.9. The molecule has 0 amide bonds. The molecule has 5 heteroatoms. The van der Waals surface area contributed by atoms with Gasteiger partial charge in [-0.25, -0.2) is 4.39 Å². The van der Waals surface area contributed by atoms with Gasteiger partial charge in [-0.15, -0.1) is 0 Å². The lowest BCUT2D eigenvalue weighted by Gasteiger charge is -2.22. The molecule has 2 rings (SSSR count). The monoisotopic (exact) mass is 247 g/mol. The zero-order chi connectivity index (χ0) is 12.8. The number of halogens is 4. The predicted molar refractivity (Wildman–Crippen MR) is 56.0 cm³/mol. The van der Waals surface area contributed by atoms with E-state index in [1.807, 2.05) is 0 Å². The van der Waals surface area contributed by atoms with E-state index in [0.29, 0.717) is 12.8 Å². The Kier molecular flexibility index (Phi) is 2.69. The lowest BCUT2D eigenvalue weighted by molar-refractivity contribution is -0.140. The van der Waals surface area contributed by atoms with Crippen LogP contribution in [0.1, 0.15) is 30.9 Å². The molecule has 2 N–H and O–H groups in total. The molecule has 1 fully saturated rings. The number of rotatable bonds is 2. The molecule has 0 heterocycles. The Morgan fingerprint density at radius 3 is 2.29 bits per heavy atom. The highest BCUT2D eigenvalue weighted by Crippen LogP contribution is 2.52. The molecule has 1 aliphatic carbocycles. The zero-order valence-corrected chi connectivity index (χ0v) is 9.31. The van der Waals surface area contributed by atoms with Gasteiger partial charge in [0.2, 0.25) is 0 Å². The van der Waals surface area contributed by atoms with E-state index in [0.717, 1.165) is 6.07 Å². The van der Waals surface area contributed by atoms with Gasteiger partial charge in [-0.3, -0.25) is 0 Å². The van der Waals surface area contributed by atoms with Gasteiger partial charge in [-0.1, -0.05) is 12.1 Å². The van der Waals surface area contributed by atoms with Crippen LogP contribution in [0.4, 0.5) is 17.6 Å². The van der Waals surface area contributed by atoms with Crippen molar-refractivity contribution >= 4 is 0 Å². The van der Waals surface area contributed by atoms with Gasteiger partial charge in [-0.05, 0) is 31.4 Å². The standard InChI is InChI=1S/C12H13F4N/c1-7(17)11(5-6-11)8-3-2-4-9(10(8)13)12(14,15)16/h2-4,7H,5-6,17H2,1H3.